The molecule has 1 amide bonds. The lowest BCUT2D eigenvalue weighted by atomic mass is 10.1. The van der Waals surface area contributed by atoms with Gasteiger partial charge in [0.15, 0.2) is 0 Å². The second kappa shape index (κ2) is 9.34. The topological polar surface area (TPSA) is 59.6 Å². The molecule has 1 aromatic rings. The highest BCUT2D eigenvalue weighted by Gasteiger charge is 2.06. The molecule has 0 radical (unpaired) electrons. The molecule has 0 aliphatic heterocycles. The molecule has 5 nitrogen and oxygen atoms in total. The van der Waals surface area contributed by atoms with Crippen LogP contribution in [0.5, 0.6) is 5.75 Å². The summed E-state index contributed by atoms with van der Waals surface area (Å²) in [6, 6.07) is 5.96. The fraction of sp³-hybridized carbons (Fsp3) is 0.533. The first-order valence-electron chi connectivity index (χ1n) is 6.88. The summed E-state index contributed by atoms with van der Waals surface area (Å²) in [4.78, 5) is 11.5. The molecule has 20 heavy (non-hydrogen) atoms. The molecule has 0 spiro atoms. The Labute approximate surface area is 120 Å². The van der Waals surface area contributed by atoms with Crippen molar-refractivity contribution >= 4 is 5.91 Å². The number of rotatable bonds is 9. The molecule has 0 aliphatic carbocycles. The minimum atomic E-state index is -0.0339. The van der Waals surface area contributed by atoms with Gasteiger partial charge in [-0.25, -0.2) is 0 Å². The van der Waals surface area contributed by atoms with Gasteiger partial charge in [0, 0.05) is 18.7 Å². The van der Waals surface area contributed by atoms with E-state index >= 15 is 0 Å². The quantitative estimate of drug-likeness (QED) is 0.668. The fourth-order valence-corrected chi connectivity index (χ4v) is 1.71. The first kappa shape index (κ1) is 16.5. The van der Waals surface area contributed by atoms with Gasteiger partial charge in [-0.3, -0.25) is 4.79 Å². The largest absolute Gasteiger partial charge is 0.491 e. The third kappa shape index (κ3) is 6.04. The minimum absolute atomic E-state index is 0.0339. The third-order valence-electron chi connectivity index (χ3n) is 2.73. The summed E-state index contributed by atoms with van der Waals surface area (Å²) < 4.78 is 11.0. The van der Waals surface area contributed by atoms with Crippen molar-refractivity contribution in [3.05, 3.63) is 29.3 Å². The average molecular weight is 280 g/mol. The molecule has 112 valence electrons. The Bertz CT molecular complexity index is 422. The summed E-state index contributed by atoms with van der Waals surface area (Å²) in [6.07, 6.45) is 0. The molecular weight excluding hydrogens is 256 g/mol. The zero-order chi connectivity index (χ0) is 14.8. The van der Waals surface area contributed by atoms with Crippen LogP contribution in [0.4, 0.5) is 0 Å². The number of amides is 1. The zero-order valence-electron chi connectivity index (χ0n) is 12.5. The van der Waals surface area contributed by atoms with E-state index < -0.39 is 0 Å². The van der Waals surface area contributed by atoms with Gasteiger partial charge in [0.05, 0.1) is 13.2 Å². The molecule has 5 heteroatoms. The maximum atomic E-state index is 11.5. The van der Waals surface area contributed by atoms with Crippen molar-refractivity contribution in [1.29, 1.82) is 0 Å². The summed E-state index contributed by atoms with van der Waals surface area (Å²) in [6.45, 7) is 6.50. The van der Waals surface area contributed by atoms with Gasteiger partial charge < -0.3 is 20.1 Å². The van der Waals surface area contributed by atoms with E-state index in [0.29, 0.717) is 32.9 Å². The first-order valence-corrected chi connectivity index (χ1v) is 6.88. The van der Waals surface area contributed by atoms with Crippen molar-refractivity contribution < 1.29 is 14.3 Å². The molecule has 0 saturated heterocycles. The standard InChI is InChI=1S/C15H24N2O3/c1-4-19-7-8-20-14-9-12(2)5-6-13(14)10-17-15(18)11-16-3/h5-6,9,16H,4,7-8,10-11H2,1-3H3,(H,17,18). The lowest BCUT2D eigenvalue weighted by Gasteiger charge is -2.13. The van der Waals surface area contributed by atoms with Crippen molar-refractivity contribution in [2.75, 3.05) is 33.4 Å². The first-order chi connectivity index (χ1) is 9.67. The molecule has 0 heterocycles. The number of carbonyl (C=O) groups is 1. The molecule has 0 saturated carbocycles. The summed E-state index contributed by atoms with van der Waals surface area (Å²) >= 11 is 0. The number of ether oxygens (including phenoxy) is 2. The molecule has 0 aromatic heterocycles. The van der Waals surface area contributed by atoms with Crippen LogP contribution in [0.3, 0.4) is 0 Å². The maximum Gasteiger partial charge on any atom is 0.234 e. The predicted molar refractivity (Wildman–Crippen MR) is 78.9 cm³/mol. The zero-order valence-corrected chi connectivity index (χ0v) is 12.5. The van der Waals surface area contributed by atoms with E-state index in [2.05, 4.69) is 10.6 Å². The van der Waals surface area contributed by atoms with E-state index in [1.807, 2.05) is 32.0 Å². The minimum Gasteiger partial charge on any atom is -0.491 e. The van der Waals surface area contributed by atoms with Crippen molar-refractivity contribution in [2.45, 2.75) is 20.4 Å². The number of aryl methyl sites for hydroxylation is 1. The average Bonchev–Trinajstić information content (AvgIpc) is 2.43. The lowest BCUT2D eigenvalue weighted by molar-refractivity contribution is -0.120. The summed E-state index contributed by atoms with van der Waals surface area (Å²) in [5, 5.41) is 5.66. The van der Waals surface area contributed by atoms with Gasteiger partial charge in [-0.15, -0.1) is 0 Å². The van der Waals surface area contributed by atoms with Gasteiger partial charge in [0.1, 0.15) is 12.4 Å². The van der Waals surface area contributed by atoms with Gasteiger partial charge >= 0.3 is 0 Å². The van der Waals surface area contributed by atoms with Crippen LogP contribution >= 0.6 is 0 Å². The monoisotopic (exact) mass is 280 g/mol. The van der Waals surface area contributed by atoms with E-state index in [0.717, 1.165) is 16.9 Å². The van der Waals surface area contributed by atoms with Crippen LogP contribution in [0.15, 0.2) is 18.2 Å². The van der Waals surface area contributed by atoms with Crippen molar-refractivity contribution in [3.63, 3.8) is 0 Å². The van der Waals surface area contributed by atoms with Crippen LogP contribution in [0.2, 0.25) is 0 Å². The number of hydrogen-bond donors (Lipinski definition) is 2. The van der Waals surface area contributed by atoms with Crippen molar-refractivity contribution in [3.8, 4) is 5.75 Å². The molecule has 0 unspecified atom stereocenters. The van der Waals surface area contributed by atoms with Crippen LogP contribution in [0, 0.1) is 6.92 Å². The van der Waals surface area contributed by atoms with Gasteiger partial charge in [-0.1, -0.05) is 12.1 Å². The van der Waals surface area contributed by atoms with E-state index in [9.17, 15) is 4.79 Å². The van der Waals surface area contributed by atoms with Crippen molar-refractivity contribution in [1.82, 2.24) is 10.6 Å². The predicted octanol–water partition coefficient (Wildman–Crippen LogP) is 1.25. The fourth-order valence-electron chi connectivity index (χ4n) is 1.71. The van der Waals surface area contributed by atoms with E-state index in [-0.39, 0.29) is 5.91 Å². The Morgan fingerprint density at radius 1 is 1.30 bits per heavy atom. The molecule has 0 fully saturated rings. The normalized spacial score (nSPS) is 10.3. The molecule has 2 N–H and O–H groups in total. The second-order valence-electron chi connectivity index (χ2n) is 4.46. The third-order valence-corrected chi connectivity index (χ3v) is 2.73. The van der Waals surface area contributed by atoms with Crippen LogP contribution in [0.1, 0.15) is 18.1 Å². The Morgan fingerprint density at radius 2 is 2.10 bits per heavy atom. The molecular formula is C15H24N2O3. The second-order valence-corrected chi connectivity index (χ2v) is 4.46. The Kier molecular flexibility index (Phi) is 7.69. The number of carbonyl (C=O) groups excluding carboxylic acids is 1. The SMILES string of the molecule is CCOCCOc1cc(C)ccc1CNC(=O)CNC. The van der Waals surface area contributed by atoms with Gasteiger partial charge in [-0.2, -0.15) is 0 Å². The highest BCUT2D eigenvalue weighted by Crippen LogP contribution is 2.20. The van der Waals surface area contributed by atoms with Crippen LogP contribution < -0.4 is 15.4 Å². The summed E-state index contributed by atoms with van der Waals surface area (Å²) in [7, 11) is 1.74. The summed E-state index contributed by atoms with van der Waals surface area (Å²) in [5.41, 5.74) is 2.10. The Morgan fingerprint density at radius 3 is 2.80 bits per heavy atom. The van der Waals surface area contributed by atoms with Crippen LogP contribution in [0.25, 0.3) is 0 Å². The van der Waals surface area contributed by atoms with E-state index in [1.165, 1.54) is 0 Å². The van der Waals surface area contributed by atoms with Crippen LogP contribution in [-0.2, 0) is 16.1 Å². The van der Waals surface area contributed by atoms with Gasteiger partial charge in [0.2, 0.25) is 5.91 Å². The molecule has 0 atom stereocenters. The lowest BCUT2D eigenvalue weighted by Crippen LogP contribution is -2.31. The number of likely N-dealkylation sites (N-methyl/N-ethyl adjacent to an activating group) is 1. The molecule has 0 aliphatic rings. The number of hydrogen-bond acceptors (Lipinski definition) is 4. The van der Waals surface area contributed by atoms with Crippen molar-refractivity contribution in [2.24, 2.45) is 0 Å². The van der Waals surface area contributed by atoms with Crippen LogP contribution in [-0.4, -0.2) is 39.3 Å². The Balaban J connectivity index is 2.57. The Hall–Kier alpha value is -1.59. The van der Waals surface area contributed by atoms with Gasteiger partial charge in [-0.05, 0) is 32.5 Å². The highest BCUT2D eigenvalue weighted by atomic mass is 16.5. The molecule has 0 bridgehead atoms. The number of nitrogens with one attached hydrogen (secondary N) is 2. The number of benzene rings is 1. The summed E-state index contributed by atoms with van der Waals surface area (Å²) in [5.74, 6) is 0.766. The maximum absolute atomic E-state index is 11.5. The smallest absolute Gasteiger partial charge is 0.234 e. The van der Waals surface area contributed by atoms with E-state index in [1.54, 1.807) is 7.05 Å². The van der Waals surface area contributed by atoms with Gasteiger partial charge in [0.25, 0.3) is 0 Å². The molecule has 1 aromatic carbocycles. The highest BCUT2D eigenvalue weighted by molar-refractivity contribution is 5.78. The van der Waals surface area contributed by atoms with E-state index in [4.69, 9.17) is 9.47 Å². The molecule has 1 rings (SSSR count).